The number of aryl methyl sites for hydroxylation is 1. The summed E-state index contributed by atoms with van der Waals surface area (Å²) in [7, 11) is 1.66. The summed E-state index contributed by atoms with van der Waals surface area (Å²) in [6.45, 7) is 0.345. The van der Waals surface area contributed by atoms with Crippen LogP contribution >= 0.6 is 0 Å². The van der Waals surface area contributed by atoms with E-state index in [1.165, 1.54) is 0 Å². The number of nitrogens with zero attached hydrogens (tertiary/aromatic N) is 2. The molecule has 2 aromatic heterocycles. The summed E-state index contributed by atoms with van der Waals surface area (Å²) in [5, 5.41) is 15.0. The summed E-state index contributed by atoms with van der Waals surface area (Å²) >= 11 is 0. The lowest BCUT2D eigenvalue weighted by atomic mass is 10.1. The maximum atomic E-state index is 12.3. The number of carbonyl (C=O) groups is 2. The Morgan fingerprint density at radius 2 is 2.00 bits per heavy atom. The minimum absolute atomic E-state index is 0.0229. The van der Waals surface area contributed by atoms with Crippen LogP contribution in [0.25, 0.3) is 10.9 Å². The molecule has 24 heavy (non-hydrogen) atoms. The Labute approximate surface area is 138 Å². The lowest BCUT2D eigenvalue weighted by Gasteiger charge is -2.09. The van der Waals surface area contributed by atoms with Gasteiger partial charge < -0.3 is 19.8 Å². The monoisotopic (exact) mass is 322 g/mol. The van der Waals surface area contributed by atoms with Crippen LogP contribution in [0.1, 0.15) is 21.6 Å². The summed E-state index contributed by atoms with van der Waals surface area (Å²) in [4.78, 5) is 27.7. The van der Waals surface area contributed by atoms with E-state index < -0.39 is 5.97 Å². The fourth-order valence-corrected chi connectivity index (χ4v) is 2.84. The number of aromatic carboxylic acids is 1. The fraction of sp³-hybridized carbons (Fsp3) is 0.167. The van der Waals surface area contributed by atoms with Crippen LogP contribution in [0.5, 0.6) is 0 Å². The average Bonchev–Trinajstić information content (AvgIpc) is 2.87. The molecule has 1 aromatic carbocycles. The molecule has 0 saturated heterocycles. The normalized spacial score (nSPS) is 10.7. The van der Waals surface area contributed by atoms with Gasteiger partial charge in [-0.2, -0.15) is 0 Å². The number of rotatable bonds is 5. The number of nitrogens with one attached hydrogen (secondary N) is 1. The van der Waals surface area contributed by atoms with Crippen LogP contribution in [0.2, 0.25) is 0 Å². The second kappa shape index (κ2) is 6.54. The van der Waals surface area contributed by atoms with Gasteiger partial charge >= 0.3 is 0 Å². The number of pyridine rings is 1. The first-order valence-electron chi connectivity index (χ1n) is 7.51. The van der Waals surface area contributed by atoms with E-state index in [9.17, 15) is 14.7 Å². The number of aromatic nitrogens is 2. The first-order chi connectivity index (χ1) is 11.6. The van der Waals surface area contributed by atoms with E-state index in [0.717, 1.165) is 16.5 Å². The highest BCUT2D eigenvalue weighted by Gasteiger charge is 2.18. The molecule has 0 atom stereocenters. The predicted molar refractivity (Wildman–Crippen MR) is 87.0 cm³/mol. The van der Waals surface area contributed by atoms with Crippen LogP contribution in [0, 0.1) is 0 Å². The van der Waals surface area contributed by atoms with Crippen molar-refractivity contribution >= 4 is 22.8 Å². The Morgan fingerprint density at radius 3 is 2.71 bits per heavy atom. The van der Waals surface area contributed by atoms with E-state index in [4.69, 9.17) is 0 Å². The Hall–Kier alpha value is -3.15. The topological polar surface area (TPSA) is 87.0 Å². The van der Waals surface area contributed by atoms with Crippen molar-refractivity contribution in [2.45, 2.75) is 13.0 Å². The molecule has 1 N–H and O–H groups in total. The Bertz CT molecular complexity index is 901. The third-order valence-corrected chi connectivity index (χ3v) is 3.95. The number of benzene rings is 1. The molecule has 1 amide bonds. The largest absolute Gasteiger partial charge is 0.543 e. The molecule has 0 unspecified atom stereocenters. The van der Waals surface area contributed by atoms with Crippen molar-refractivity contribution in [2.24, 2.45) is 7.05 Å². The van der Waals surface area contributed by atoms with Gasteiger partial charge in [0, 0.05) is 36.9 Å². The number of carboxylic acids is 1. The SMILES string of the molecule is Cn1c(C(=O)[O-])c(CC(=O)NCc2cccnc2)c2ccccc21. The first-order valence-corrected chi connectivity index (χ1v) is 7.51. The summed E-state index contributed by atoms with van der Waals surface area (Å²) in [6.07, 6.45) is 3.31. The predicted octanol–water partition coefficient (Wildman–Crippen LogP) is 0.796. The van der Waals surface area contributed by atoms with E-state index in [2.05, 4.69) is 10.3 Å². The van der Waals surface area contributed by atoms with E-state index >= 15 is 0 Å². The van der Waals surface area contributed by atoms with Gasteiger partial charge in [0.15, 0.2) is 0 Å². The number of carboxylic acid groups (broad SMARTS) is 1. The number of carbonyl (C=O) groups excluding carboxylic acids is 2. The smallest absolute Gasteiger partial charge is 0.224 e. The molecule has 122 valence electrons. The third-order valence-electron chi connectivity index (χ3n) is 3.95. The Kier molecular flexibility index (Phi) is 4.29. The van der Waals surface area contributed by atoms with E-state index in [0.29, 0.717) is 12.1 Å². The summed E-state index contributed by atoms with van der Waals surface area (Å²) in [5.41, 5.74) is 2.14. The van der Waals surface area contributed by atoms with Gasteiger partial charge in [-0.05, 0) is 23.3 Å². The van der Waals surface area contributed by atoms with Crippen molar-refractivity contribution < 1.29 is 14.7 Å². The van der Waals surface area contributed by atoms with Gasteiger partial charge in [-0.1, -0.05) is 24.3 Å². The highest BCUT2D eigenvalue weighted by atomic mass is 16.4. The number of hydrogen-bond acceptors (Lipinski definition) is 4. The molecule has 6 nitrogen and oxygen atoms in total. The highest BCUT2D eigenvalue weighted by molar-refractivity contribution is 6.00. The Balaban J connectivity index is 1.85. The summed E-state index contributed by atoms with van der Waals surface area (Å²) in [6, 6.07) is 10.9. The van der Waals surface area contributed by atoms with Gasteiger partial charge in [-0.25, -0.2) is 0 Å². The molecule has 0 aliphatic carbocycles. The zero-order chi connectivity index (χ0) is 17.1. The zero-order valence-corrected chi connectivity index (χ0v) is 13.2. The molecule has 0 saturated carbocycles. The molecule has 6 heteroatoms. The van der Waals surface area contributed by atoms with Crippen LogP contribution in [-0.4, -0.2) is 21.4 Å². The van der Waals surface area contributed by atoms with Crippen LogP contribution in [-0.2, 0) is 24.8 Å². The lowest BCUT2D eigenvalue weighted by Crippen LogP contribution is -2.29. The molecule has 0 spiro atoms. The minimum atomic E-state index is -1.29. The number of amides is 1. The van der Waals surface area contributed by atoms with Crippen molar-refractivity contribution in [3.05, 3.63) is 65.6 Å². The first kappa shape index (κ1) is 15.7. The third kappa shape index (κ3) is 2.99. The van der Waals surface area contributed by atoms with Crippen molar-refractivity contribution in [3.63, 3.8) is 0 Å². The van der Waals surface area contributed by atoms with Crippen molar-refractivity contribution in [2.75, 3.05) is 0 Å². The molecule has 0 radical (unpaired) electrons. The minimum Gasteiger partial charge on any atom is -0.543 e. The fourth-order valence-electron chi connectivity index (χ4n) is 2.84. The highest BCUT2D eigenvalue weighted by Crippen LogP contribution is 2.25. The van der Waals surface area contributed by atoms with Gasteiger partial charge in [0.05, 0.1) is 18.1 Å². The van der Waals surface area contributed by atoms with Crippen molar-refractivity contribution in [1.29, 1.82) is 0 Å². The van der Waals surface area contributed by atoms with Gasteiger partial charge in [0.2, 0.25) is 5.91 Å². The Morgan fingerprint density at radius 1 is 1.21 bits per heavy atom. The quantitative estimate of drug-likeness (QED) is 0.752. The second-order valence-electron chi connectivity index (χ2n) is 5.51. The molecule has 2 heterocycles. The summed E-state index contributed by atoms with van der Waals surface area (Å²) < 4.78 is 1.55. The molecule has 0 fully saturated rings. The molecular weight excluding hydrogens is 306 g/mol. The maximum absolute atomic E-state index is 12.3. The number of para-hydroxylation sites is 1. The van der Waals surface area contributed by atoms with Gasteiger partial charge in [-0.15, -0.1) is 0 Å². The van der Waals surface area contributed by atoms with E-state index in [-0.39, 0.29) is 18.0 Å². The average molecular weight is 322 g/mol. The number of hydrogen-bond donors (Lipinski definition) is 1. The van der Waals surface area contributed by atoms with Gasteiger partial charge in [-0.3, -0.25) is 9.78 Å². The maximum Gasteiger partial charge on any atom is 0.224 e. The molecule has 0 aliphatic heterocycles. The van der Waals surface area contributed by atoms with Crippen molar-refractivity contribution in [3.8, 4) is 0 Å². The van der Waals surface area contributed by atoms with Crippen LogP contribution in [0.3, 0.4) is 0 Å². The van der Waals surface area contributed by atoms with Gasteiger partial charge in [0.25, 0.3) is 0 Å². The van der Waals surface area contributed by atoms with Crippen LogP contribution in [0.4, 0.5) is 0 Å². The van der Waals surface area contributed by atoms with E-state index in [1.807, 2.05) is 30.3 Å². The number of fused-ring (bicyclic) bond motifs is 1. The van der Waals surface area contributed by atoms with Gasteiger partial charge in [0.1, 0.15) is 0 Å². The summed E-state index contributed by atoms with van der Waals surface area (Å²) in [5.74, 6) is -1.54. The second-order valence-corrected chi connectivity index (χ2v) is 5.51. The zero-order valence-electron chi connectivity index (χ0n) is 13.2. The lowest BCUT2D eigenvalue weighted by molar-refractivity contribution is -0.255. The van der Waals surface area contributed by atoms with Crippen LogP contribution < -0.4 is 10.4 Å². The molecule has 3 aromatic rings. The van der Waals surface area contributed by atoms with E-state index in [1.54, 1.807) is 30.1 Å². The molecular formula is C18H16N3O3-. The standard InChI is InChI=1S/C18H17N3O3/c1-21-15-7-3-2-6-13(15)14(17(21)18(23)24)9-16(22)20-11-12-5-4-8-19-10-12/h2-8,10H,9,11H2,1H3,(H,20,22)(H,23,24)/p-1. The van der Waals surface area contributed by atoms with Crippen molar-refractivity contribution in [1.82, 2.24) is 14.9 Å². The molecule has 0 aliphatic rings. The molecule has 0 bridgehead atoms. The molecule has 3 rings (SSSR count). The van der Waals surface area contributed by atoms with Crippen LogP contribution in [0.15, 0.2) is 48.8 Å².